The predicted molar refractivity (Wildman–Crippen MR) is 99.8 cm³/mol. The Balaban J connectivity index is 2.06. The number of nitrogens with zero attached hydrogens (tertiary/aromatic N) is 2. The fourth-order valence-electron chi connectivity index (χ4n) is 2.90. The van der Waals surface area contributed by atoms with Gasteiger partial charge in [0.2, 0.25) is 0 Å². The normalized spacial score (nSPS) is 23.6. The van der Waals surface area contributed by atoms with Gasteiger partial charge in [0.25, 0.3) is 0 Å². The van der Waals surface area contributed by atoms with Gasteiger partial charge in [-0.25, -0.2) is 13.4 Å². The number of aryl methyl sites for hydroxylation is 1. The highest BCUT2D eigenvalue weighted by Gasteiger charge is 2.42. The van der Waals surface area contributed by atoms with Crippen LogP contribution in [0.2, 0.25) is 0 Å². The van der Waals surface area contributed by atoms with Gasteiger partial charge in [0.15, 0.2) is 15.6 Å². The van der Waals surface area contributed by atoms with E-state index in [-0.39, 0.29) is 10.9 Å². The van der Waals surface area contributed by atoms with Gasteiger partial charge in [-0.1, -0.05) is 29.8 Å². The van der Waals surface area contributed by atoms with Crippen molar-refractivity contribution >= 4 is 21.4 Å². The molecule has 5 nitrogen and oxygen atoms in total. The molecule has 0 amide bonds. The molecule has 0 bridgehead atoms. The minimum atomic E-state index is -3.25. The van der Waals surface area contributed by atoms with Crippen LogP contribution in [0.4, 0.5) is 5.69 Å². The molecule has 0 fully saturated rings. The molecule has 0 saturated heterocycles. The molecule has 1 heterocycles. The van der Waals surface area contributed by atoms with Crippen molar-refractivity contribution < 1.29 is 13.5 Å². The van der Waals surface area contributed by atoms with E-state index in [2.05, 4.69) is 4.99 Å². The van der Waals surface area contributed by atoms with Crippen LogP contribution in [-0.2, 0) is 9.84 Å². The average molecular weight is 358 g/mol. The standard InChI is InChI=1S/C19H22N2O3S/c1-13-5-7-15(8-6-13)18-20-19(3,22)14(2)21(18)16-9-11-17(12-10-16)25(4,23)24/h5-12,14,22H,1-4H3. The smallest absolute Gasteiger partial charge is 0.176 e. The van der Waals surface area contributed by atoms with Gasteiger partial charge in [0.05, 0.1) is 10.9 Å². The largest absolute Gasteiger partial charge is 0.368 e. The summed E-state index contributed by atoms with van der Waals surface area (Å²) in [5.74, 6) is 0.671. The summed E-state index contributed by atoms with van der Waals surface area (Å²) in [6, 6.07) is 14.3. The zero-order valence-corrected chi connectivity index (χ0v) is 15.6. The quantitative estimate of drug-likeness (QED) is 0.916. The number of amidine groups is 1. The molecule has 0 aliphatic carbocycles. The van der Waals surface area contributed by atoms with Crippen molar-refractivity contribution in [3.05, 3.63) is 59.7 Å². The van der Waals surface area contributed by atoms with Gasteiger partial charge in [-0.3, -0.25) is 0 Å². The van der Waals surface area contributed by atoms with Gasteiger partial charge in [0.1, 0.15) is 5.84 Å². The third-order valence-corrected chi connectivity index (χ3v) is 5.72. The lowest BCUT2D eigenvalue weighted by Crippen LogP contribution is -2.43. The lowest BCUT2D eigenvalue weighted by atomic mass is 10.1. The van der Waals surface area contributed by atoms with Crippen molar-refractivity contribution in [1.29, 1.82) is 0 Å². The second-order valence-corrected chi connectivity index (χ2v) is 8.72. The van der Waals surface area contributed by atoms with Gasteiger partial charge in [-0.05, 0) is 45.0 Å². The van der Waals surface area contributed by atoms with Crippen LogP contribution >= 0.6 is 0 Å². The fraction of sp³-hybridized carbons (Fsp3) is 0.316. The SMILES string of the molecule is Cc1ccc(C2=NC(C)(O)C(C)N2c2ccc(S(C)(=O)=O)cc2)cc1. The van der Waals surface area contributed by atoms with E-state index in [0.717, 1.165) is 16.8 Å². The maximum Gasteiger partial charge on any atom is 0.176 e. The zero-order chi connectivity index (χ0) is 18.4. The summed E-state index contributed by atoms with van der Waals surface area (Å²) in [6.45, 7) is 5.59. The summed E-state index contributed by atoms with van der Waals surface area (Å²) in [6.07, 6.45) is 1.18. The maximum atomic E-state index is 11.7. The van der Waals surface area contributed by atoms with E-state index in [4.69, 9.17) is 0 Å². The first-order valence-electron chi connectivity index (χ1n) is 8.08. The van der Waals surface area contributed by atoms with Crippen LogP contribution in [0.1, 0.15) is 25.0 Å². The van der Waals surface area contributed by atoms with E-state index in [1.807, 2.05) is 43.0 Å². The Labute approximate surface area is 148 Å². The number of sulfone groups is 1. The molecule has 0 spiro atoms. The van der Waals surface area contributed by atoms with E-state index >= 15 is 0 Å². The Morgan fingerprint density at radius 2 is 1.64 bits per heavy atom. The Morgan fingerprint density at radius 1 is 1.08 bits per heavy atom. The second kappa shape index (κ2) is 5.97. The minimum Gasteiger partial charge on any atom is -0.368 e. The van der Waals surface area contributed by atoms with Crippen molar-refractivity contribution in [2.45, 2.75) is 37.4 Å². The maximum absolute atomic E-state index is 11.7. The average Bonchev–Trinajstić information content (AvgIpc) is 2.78. The summed E-state index contributed by atoms with van der Waals surface area (Å²) >= 11 is 0. The molecule has 132 valence electrons. The molecule has 0 radical (unpaired) electrons. The Hall–Kier alpha value is -2.18. The number of aliphatic hydroxyl groups is 1. The molecule has 1 N–H and O–H groups in total. The molecule has 1 aliphatic rings. The van der Waals surface area contributed by atoms with Gasteiger partial charge in [-0.2, -0.15) is 0 Å². The highest BCUT2D eigenvalue weighted by atomic mass is 32.2. The molecular weight excluding hydrogens is 336 g/mol. The summed E-state index contributed by atoms with van der Waals surface area (Å²) in [5.41, 5.74) is 1.61. The van der Waals surface area contributed by atoms with Crippen LogP contribution in [0.25, 0.3) is 0 Å². The predicted octanol–water partition coefficient (Wildman–Crippen LogP) is 2.76. The Bertz CT molecular complexity index is 914. The number of rotatable bonds is 3. The van der Waals surface area contributed by atoms with Gasteiger partial charge in [0, 0.05) is 17.5 Å². The first kappa shape index (κ1) is 17.6. The van der Waals surface area contributed by atoms with Crippen LogP contribution in [0.3, 0.4) is 0 Å². The van der Waals surface area contributed by atoms with Crippen molar-refractivity contribution in [2.75, 3.05) is 11.2 Å². The molecule has 25 heavy (non-hydrogen) atoms. The third kappa shape index (κ3) is 3.32. The van der Waals surface area contributed by atoms with E-state index < -0.39 is 15.6 Å². The lowest BCUT2D eigenvalue weighted by molar-refractivity contribution is 0.0583. The summed E-state index contributed by atoms with van der Waals surface area (Å²) < 4.78 is 23.3. The second-order valence-electron chi connectivity index (χ2n) is 6.71. The molecule has 1 aliphatic heterocycles. The highest BCUT2D eigenvalue weighted by molar-refractivity contribution is 7.90. The van der Waals surface area contributed by atoms with Gasteiger partial charge >= 0.3 is 0 Å². The van der Waals surface area contributed by atoms with Crippen LogP contribution in [0, 0.1) is 6.92 Å². The Kier molecular flexibility index (Phi) is 4.21. The first-order chi connectivity index (χ1) is 11.6. The first-order valence-corrected chi connectivity index (χ1v) is 9.97. The molecule has 3 rings (SSSR count). The van der Waals surface area contributed by atoms with Crippen molar-refractivity contribution in [3.63, 3.8) is 0 Å². The third-order valence-electron chi connectivity index (χ3n) is 4.59. The molecule has 0 saturated carbocycles. The summed E-state index contributed by atoms with van der Waals surface area (Å²) in [7, 11) is -3.25. The van der Waals surface area contributed by atoms with Crippen molar-refractivity contribution in [1.82, 2.24) is 0 Å². The van der Waals surface area contributed by atoms with E-state index in [9.17, 15) is 13.5 Å². The molecule has 0 aromatic heterocycles. The van der Waals surface area contributed by atoms with Crippen molar-refractivity contribution in [2.24, 2.45) is 4.99 Å². The van der Waals surface area contributed by atoms with Crippen LogP contribution < -0.4 is 4.90 Å². The van der Waals surface area contributed by atoms with Gasteiger partial charge < -0.3 is 10.0 Å². The van der Waals surface area contributed by atoms with Gasteiger partial charge in [-0.15, -0.1) is 0 Å². The summed E-state index contributed by atoms with van der Waals surface area (Å²) in [4.78, 5) is 6.72. The number of hydrogen-bond donors (Lipinski definition) is 1. The number of hydrogen-bond acceptors (Lipinski definition) is 5. The van der Waals surface area contributed by atoms with Crippen LogP contribution in [0.5, 0.6) is 0 Å². The molecule has 2 atom stereocenters. The molecule has 2 aromatic carbocycles. The number of anilines is 1. The summed E-state index contributed by atoms with van der Waals surface area (Å²) in [5, 5.41) is 10.6. The van der Waals surface area contributed by atoms with Crippen LogP contribution in [-0.4, -0.2) is 37.4 Å². The highest BCUT2D eigenvalue weighted by Crippen LogP contribution is 2.33. The van der Waals surface area contributed by atoms with E-state index in [1.54, 1.807) is 31.2 Å². The van der Waals surface area contributed by atoms with Crippen LogP contribution in [0.15, 0.2) is 58.4 Å². The monoisotopic (exact) mass is 358 g/mol. The van der Waals surface area contributed by atoms with Crippen molar-refractivity contribution in [3.8, 4) is 0 Å². The van der Waals surface area contributed by atoms with E-state index in [1.165, 1.54) is 6.26 Å². The van der Waals surface area contributed by atoms with E-state index in [0.29, 0.717) is 5.84 Å². The molecule has 2 aromatic rings. The number of benzene rings is 2. The molecular formula is C19H22N2O3S. The zero-order valence-electron chi connectivity index (χ0n) is 14.8. The fourth-order valence-corrected chi connectivity index (χ4v) is 3.53. The minimum absolute atomic E-state index is 0.267. The molecule has 2 unspecified atom stereocenters. The number of aliphatic imine (C=N–C) groups is 1. The topological polar surface area (TPSA) is 70.0 Å². The Morgan fingerprint density at radius 3 is 2.16 bits per heavy atom. The molecule has 6 heteroatoms. The lowest BCUT2D eigenvalue weighted by Gasteiger charge is -2.30.